The van der Waals surface area contributed by atoms with E-state index in [1.807, 2.05) is 12.1 Å². The molecule has 0 N–H and O–H groups in total. The number of hydrogen-bond acceptors (Lipinski definition) is 4. The predicted molar refractivity (Wildman–Crippen MR) is 79.9 cm³/mol. The third-order valence-corrected chi connectivity index (χ3v) is 4.52. The molecule has 2 aromatic rings. The average molecular weight is 308 g/mol. The Kier molecular flexibility index (Phi) is 3.76. The minimum atomic E-state index is 0.0957. The van der Waals surface area contributed by atoms with Crippen molar-refractivity contribution in [2.24, 2.45) is 0 Å². The maximum atomic E-state index is 11.6. The minimum Gasteiger partial charge on any atom is -0.486 e. The molecule has 0 aliphatic heterocycles. The zero-order valence-corrected chi connectivity index (χ0v) is 12.6. The molecule has 0 amide bonds. The van der Waals surface area contributed by atoms with Gasteiger partial charge in [0.25, 0.3) is 0 Å². The van der Waals surface area contributed by atoms with Crippen LogP contribution in [0, 0.1) is 0 Å². The van der Waals surface area contributed by atoms with Crippen molar-refractivity contribution in [2.45, 2.75) is 32.3 Å². The van der Waals surface area contributed by atoms with Gasteiger partial charge in [0.15, 0.2) is 5.78 Å². The Hall–Kier alpha value is -1.39. The van der Waals surface area contributed by atoms with Crippen LogP contribution in [0.25, 0.3) is 0 Å². The van der Waals surface area contributed by atoms with Crippen molar-refractivity contribution < 1.29 is 9.53 Å². The third kappa shape index (κ3) is 3.02. The fourth-order valence-electron chi connectivity index (χ4n) is 2.03. The van der Waals surface area contributed by atoms with Crippen LogP contribution in [-0.2, 0) is 6.61 Å². The van der Waals surface area contributed by atoms with Gasteiger partial charge >= 0.3 is 0 Å². The van der Waals surface area contributed by atoms with Gasteiger partial charge in [-0.2, -0.15) is 0 Å². The smallest absolute Gasteiger partial charge is 0.171 e. The van der Waals surface area contributed by atoms with Crippen LogP contribution in [0.15, 0.2) is 24.3 Å². The zero-order chi connectivity index (χ0) is 14.1. The lowest BCUT2D eigenvalue weighted by molar-refractivity contribution is 0.102. The van der Waals surface area contributed by atoms with Crippen molar-refractivity contribution >= 4 is 28.7 Å². The number of ketones is 1. The number of thiazole rings is 1. The molecule has 1 aliphatic rings. The van der Waals surface area contributed by atoms with Crippen LogP contribution < -0.4 is 4.74 Å². The van der Waals surface area contributed by atoms with E-state index in [1.165, 1.54) is 11.3 Å². The van der Waals surface area contributed by atoms with Gasteiger partial charge in [-0.1, -0.05) is 17.7 Å². The summed E-state index contributed by atoms with van der Waals surface area (Å²) in [5, 5.41) is 1.49. The summed E-state index contributed by atoms with van der Waals surface area (Å²) in [5.41, 5.74) is 0.965. The fourth-order valence-corrected chi connectivity index (χ4v) is 3.17. The molecular weight excluding hydrogens is 294 g/mol. The number of benzene rings is 1. The van der Waals surface area contributed by atoms with Crippen molar-refractivity contribution in [3.63, 3.8) is 0 Å². The quantitative estimate of drug-likeness (QED) is 0.766. The SMILES string of the molecule is CC(=O)c1sc(COc2cccc(Cl)c2)nc1C1CC1. The Bertz CT molecular complexity index is 649. The minimum absolute atomic E-state index is 0.0957. The first-order valence-electron chi connectivity index (χ1n) is 6.52. The molecule has 1 aromatic carbocycles. The van der Waals surface area contributed by atoms with E-state index in [9.17, 15) is 4.79 Å². The van der Waals surface area contributed by atoms with Crippen LogP contribution in [0.4, 0.5) is 0 Å². The summed E-state index contributed by atoms with van der Waals surface area (Å²) >= 11 is 7.35. The van der Waals surface area contributed by atoms with Crippen molar-refractivity contribution in [1.29, 1.82) is 0 Å². The van der Waals surface area contributed by atoms with Crippen molar-refractivity contribution in [3.8, 4) is 5.75 Å². The first-order chi connectivity index (χ1) is 9.63. The Balaban J connectivity index is 1.74. The lowest BCUT2D eigenvalue weighted by atomic mass is 10.2. The summed E-state index contributed by atoms with van der Waals surface area (Å²) in [4.78, 5) is 17.0. The number of hydrogen-bond donors (Lipinski definition) is 0. The van der Waals surface area contributed by atoms with E-state index < -0.39 is 0 Å². The number of ether oxygens (including phenoxy) is 1. The molecule has 1 aromatic heterocycles. The second-order valence-corrected chi connectivity index (χ2v) is 6.42. The molecule has 5 heteroatoms. The summed E-state index contributed by atoms with van der Waals surface area (Å²) in [6.07, 6.45) is 2.28. The first kappa shape index (κ1) is 13.6. The van der Waals surface area contributed by atoms with Gasteiger partial charge in [0.2, 0.25) is 0 Å². The second-order valence-electron chi connectivity index (χ2n) is 4.90. The standard InChI is InChI=1S/C15H14ClNO2S/c1-9(18)15-14(10-5-6-10)17-13(20-15)8-19-12-4-2-3-11(16)7-12/h2-4,7,10H,5-6,8H2,1H3. The van der Waals surface area contributed by atoms with Crippen LogP contribution in [0.1, 0.15) is 46.1 Å². The van der Waals surface area contributed by atoms with Crippen molar-refractivity contribution in [1.82, 2.24) is 4.98 Å². The third-order valence-electron chi connectivity index (χ3n) is 3.14. The largest absolute Gasteiger partial charge is 0.486 e. The molecule has 3 nitrogen and oxygen atoms in total. The van der Waals surface area contributed by atoms with E-state index >= 15 is 0 Å². The van der Waals surface area contributed by atoms with Gasteiger partial charge in [-0.05, 0) is 31.0 Å². The Morgan fingerprint density at radius 1 is 1.50 bits per heavy atom. The van der Waals surface area contributed by atoms with Crippen LogP contribution >= 0.6 is 22.9 Å². The lowest BCUT2D eigenvalue weighted by Gasteiger charge is -2.03. The second kappa shape index (κ2) is 5.54. The van der Waals surface area contributed by atoms with E-state index in [0.717, 1.165) is 28.4 Å². The predicted octanol–water partition coefficient (Wildman–Crippen LogP) is 4.46. The van der Waals surface area contributed by atoms with E-state index in [1.54, 1.807) is 19.1 Å². The molecule has 1 fully saturated rings. The molecular formula is C15H14ClNO2S. The van der Waals surface area contributed by atoms with Gasteiger partial charge in [0.1, 0.15) is 17.4 Å². The van der Waals surface area contributed by atoms with Crippen LogP contribution in [0.2, 0.25) is 5.02 Å². The maximum absolute atomic E-state index is 11.6. The topological polar surface area (TPSA) is 39.2 Å². The van der Waals surface area contributed by atoms with Gasteiger partial charge in [-0.25, -0.2) is 4.98 Å². The summed E-state index contributed by atoms with van der Waals surface area (Å²) < 4.78 is 5.67. The number of nitrogens with zero attached hydrogens (tertiary/aromatic N) is 1. The molecule has 0 unspecified atom stereocenters. The number of Topliss-reactive ketones (excluding diaryl/α,β-unsaturated/α-hetero) is 1. The highest BCUT2D eigenvalue weighted by molar-refractivity contribution is 7.13. The van der Waals surface area contributed by atoms with E-state index in [2.05, 4.69) is 4.98 Å². The van der Waals surface area contributed by atoms with E-state index in [0.29, 0.717) is 23.3 Å². The van der Waals surface area contributed by atoms with Crippen LogP contribution in [0.5, 0.6) is 5.75 Å². The molecule has 1 saturated carbocycles. The van der Waals surface area contributed by atoms with Crippen molar-refractivity contribution in [2.75, 3.05) is 0 Å². The molecule has 1 aliphatic carbocycles. The molecule has 20 heavy (non-hydrogen) atoms. The fraction of sp³-hybridized carbons (Fsp3) is 0.333. The summed E-state index contributed by atoms with van der Waals surface area (Å²) in [6, 6.07) is 7.27. The molecule has 0 saturated heterocycles. The Morgan fingerprint density at radius 3 is 2.95 bits per heavy atom. The Labute approximate surface area is 126 Å². The average Bonchev–Trinajstić information content (AvgIpc) is 3.16. The van der Waals surface area contributed by atoms with Gasteiger partial charge in [0.05, 0.1) is 10.6 Å². The zero-order valence-electron chi connectivity index (χ0n) is 11.1. The lowest BCUT2D eigenvalue weighted by Crippen LogP contribution is -1.95. The van der Waals surface area contributed by atoms with Crippen LogP contribution in [0.3, 0.4) is 0 Å². The van der Waals surface area contributed by atoms with Crippen molar-refractivity contribution in [3.05, 3.63) is 44.9 Å². The number of halogens is 1. The number of carbonyl (C=O) groups excluding carboxylic acids is 1. The van der Waals surface area contributed by atoms with Crippen LogP contribution in [-0.4, -0.2) is 10.8 Å². The summed E-state index contributed by atoms with van der Waals surface area (Å²) in [6.45, 7) is 1.97. The monoisotopic (exact) mass is 307 g/mol. The molecule has 3 rings (SSSR count). The van der Waals surface area contributed by atoms with E-state index in [-0.39, 0.29) is 5.78 Å². The van der Waals surface area contributed by atoms with Gasteiger partial charge < -0.3 is 4.74 Å². The molecule has 1 heterocycles. The van der Waals surface area contributed by atoms with E-state index in [4.69, 9.17) is 16.3 Å². The highest BCUT2D eigenvalue weighted by Crippen LogP contribution is 2.42. The maximum Gasteiger partial charge on any atom is 0.171 e. The summed E-state index contributed by atoms with van der Waals surface area (Å²) in [7, 11) is 0. The normalized spacial score (nSPS) is 14.3. The molecule has 0 spiro atoms. The molecule has 0 atom stereocenters. The van der Waals surface area contributed by atoms with Gasteiger partial charge in [-0.3, -0.25) is 4.79 Å². The Morgan fingerprint density at radius 2 is 2.30 bits per heavy atom. The van der Waals surface area contributed by atoms with Gasteiger partial charge in [0, 0.05) is 17.9 Å². The number of rotatable bonds is 5. The van der Waals surface area contributed by atoms with Gasteiger partial charge in [-0.15, -0.1) is 11.3 Å². The molecule has 0 radical (unpaired) electrons. The highest BCUT2D eigenvalue weighted by atomic mass is 35.5. The first-order valence-corrected chi connectivity index (χ1v) is 7.72. The number of aromatic nitrogens is 1. The highest BCUT2D eigenvalue weighted by Gasteiger charge is 2.31. The number of carbonyl (C=O) groups is 1. The molecule has 0 bridgehead atoms. The molecule has 104 valence electrons. The summed E-state index contributed by atoms with van der Waals surface area (Å²) in [5.74, 6) is 1.29.